The van der Waals surface area contributed by atoms with Crippen molar-refractivity contribution in [2.45, 2.75) is 19.4 Å². The molecule has 8 nitrogen and oxygen atoms in total. The number of nitrogens with one attached hydrogen (secondary N) is 1. The summed E-state index contributed by atoms with van der Waals surface area (Å²) in [5.74, 6) is -0.554. The zero-order valence-corrected chi connectivity index (χ0v) is 19.4. The SMILES string of the molecule is CC[C@H](C(=O)Nc1cccc(N(C)S(C)(=O)=O)c1)N(c1cccc(Cl)c1)S(C)(=O)=O. The zero-order chi connectivity index (χ0) is 22.7. The highest BCUT2D eigenvalue weighted by Crippen LogP contribution is 2.27. The molecule has 0 saturated heterocycles. The Hall–Kier alpha value is -2.30. The molecule has 0 radical (unpaired) electrons. The lowest BCUT2D eigenvalue weighted by atomic mass is 10.1. The Labute approximate surface area is 182 Å². The van der Waals surface area contributed by atoms with E-state index in [1.165, 1.54) is 19.2 Å². The van der Waals surface area contributed by atoms with Gasteiger partial charge < -0.3 is 5.32 Å². The van der Waals surface area contributed by atoms with E-state index in [-0.39, 0.29) is 12.1 Å². The Morgan fingerprint density at radius 1 is 1.00 bits per heavy atom. The number of benzene rings is 2. The van der Waals surface area contributed by atoms with Crippen molar-refractivity contribution in [3.05, 3.63) is 53.6 Å². The topological polar surface area (TPSA) is 104 Å². The van der Waals surface area contributed by atoms with Gasteiger partial charge in [-0.1, -0.05) is 30.7 Å². The number of sulfonamides is 2. The van der Waals surface area contributed by atoms with Crippen LogP contribution in [0.4, 0.5) is 17.1 Å². The third-order valence-electron chi connectivity index (χ3n) is 4.37. The van der Waals surface area contributed by atoms with Gasteiger partial charge in [-0.2, -0.15) is 0 Å². The molecule has 0 fully saturated rings. The molecule has 30 heavy (non-hydrogen) atoms. The fraction of sp³-hybridized carbons (Fsp3) is 0.316. The molecular weight excluding hydrogens is 450 g/mol. The Morgan fingerprint density at radius 2 is 1.60 bits per heavy atom. The van der Waals surface area contributed by atoms with Gasteiger partial charge in [-0.05, 0) is 42.8 Å². The van der Waals surface area contributed by atoms with Crippen LogP contribution in [0.25, 0.3) is 0 Å². The molecule has 0 aromatic heterocycles. The number of amides is 1. The van der Waals surface area contributed by atoms with E-state index >= 15 is 0 Å². The largest absolute Gasteiger partial charge is 0.324 e. The van der Waals surface area contributed by atoms with Gasteiger partial charge in [0.1, 0.15) is 6.04 Å². The standard InChI is InChI=1S/C19H24ClN3O5S2/c1-5-18(23(30(4,27)28)17-11-6-8-14(20)12-17)19(24)21-15-9-7-10-16(13-15)22(2)29(3,25)26/h6-13,18H,5H2,1-4H3,(H,21,24)/t18-/m1/s1. The van der Waals surface area contributed by atoms with Crippen molar-refractivity contribution >= 4 is 54.6 Å². The molecule has 1 N–H and O–H groups in total. The molecule has 0 unspecified atom stereocenters. The summed E-state index contributed by atoms with van der Waals surface area (Å²) in [5.41, 5.74) is 0.974. The summed E-state index contributed by atoms with van der Waals surface area (Å²) >= 11 is 6.00. The van der Waals surface area contributed by atoms with Crippen molar-refractivity contribution in [3.8, 4) is 0 Å². The van der Waals surface area contributed by atoms with Gasteiger partial charge in [0.2, 0.25) is 26.0 Å². The number of anilines is 3. The van der Waals surface area contributed by atoms with Crippen LogP contribution in [0.1, 0.15) is 13.3 Å². The minimum atomic E-state index is -3.80. The second-order valence-corrected chi connectivity index (χ2v) is 11.0. The minimum Gasteiger partial charge on any atom is -0.324 e. The molecule has 0 spiro atoms. The fourth-order valence-corrected chi connectivity index (χ4v) is 4.75. The first-order valence-electron chi connectivity index (χ1n) is 8.94. The molecule has 2 rings (SSSR count). The molecule has 0 heterocycles. The van der Waals surface area contributed by atoms with E-state index in [1.807, 2.05) is 0 Å². The monoisotopic (exact) mass is 473 g/mol. The second-order valence-electron chi connectivity index (χ2n) is 6.73. The predicted molar refractivity (Wildman–Crippen MR) is 121 cm³/mol. The highest BCUT2D eigenvalue weighted by atomic mass is 35.5. The third-order valence-corrected chi connectivity index (χ3v) is 6.99. The summed E-state index contributed by atoms with van der Waals surface area (Å²) in [4.78, 5) is 13.0. The van der Waals surface area contributed by atoms with Gasteiger partial charge in [0.25, 0.3) is 0 Å². The van der Waals surface area contributed by atoms with Crippen molar-refractivity contribution in [3.63, 3.8) is 0 Å². The van der Waals surface area contributed by atoms with Crippen LogP contribution in [-0.4, -0.2) is 48.3 Å². The number of nitrogens with zero attached hydrogens (tertiary/aromatic N) is 2. The molecule has 0 saturated carbocycles. The Balaban J connectivity index is 2.38. The van der Waals surface area contributed by atoms with Gasteiger partial charge in [-0.3, -0.25) is 13.4 Å². The van der Waals surface area contributed by atoms with Crippen LogP contribution in [-0.2, 0) is 24.8 Å². The van der Waals surface area contributed by atoms with Crippen LogP contribution in [0.15, 0.2) is 48.5 Å². The van der Waals surface area contributed by atoms with Crippen LogP contribution >= 0.6 is 11.6 Å². The molecule has 1 amide bonds. The van der Waals surface area contributed by atoms with Crippen LogP contribution in [0, 0.1) is 0 Å². The van der Waals surface area contributed by atoms with Crippen molar-refractivity contribution in [1.29, 1.82) is 0 Å². The number of carbonyl (C=O) groups is 1. The summed E-state index contributed by atoms with van der Waals surface area (Å²) < 4.78 is 50.6. The number of carbonyl (C=O) groups excluding carboxylic acids is 1. The highest BCUT2D eigenvalue weighted by Gasteiger charge is 2.31. The lowest BCUT2D eigenvalue weighted by Crippen LogP contribution is -2.47. The summed E-state index contributed by atoms with van der Waals surface area (Å²) in [7, 11) is -5.87. The van der Waals surface area contributed by atoms with Gasteiger partial charge in [-0.15, -0.1) is 0 Å². The van der Waals surface area contributed by atoms with Crippen molar-refractivity contribution < 1.29 is 21.6 Å². The fourth-order valence-electron chi connectivity index (χ4n) is 2.87. The Kier molecular flexibility index (Phi) is 7.38. The van der Waals surface area contributed by atoms with Crippen molar-refractivity contribution in [1.82, 2.24) is 0 Å². The molecular formula is C19H24ClN3O5S2. The van der Waals surface area contributed by atoms with Gasteiger partial charge in [0.05, 0.1) is 23.9 Å². The highest BCUT2D eigenvalue weighted by molar-refractivity contribution is 7.92. The van der Waals surface area contributed by atoms with E-state index < -0.39 is 32.0 Å². The molecule has 0 bridgehead atoms. The summed E-state index contributed by atoms with van der Waals surface area (Å²) in [6.45, 7) is 1.70. The molecule has 0 aliphatic heterocycles. The summed E-state index contributed by atoms with van der Waals surface area (Å²) in [6.07, 6.45) is 2.29. The molecule has 2 aromatic rings. The lowest BCUT2D eigenvalue weighted by Gasteiger charge is -2.30. The average molecular weight is 474 g/mol. The third kappa shape index (κ3) is 5.87. The van der Waals surface area contributed by atoms with E-state index in [1.54, 1.807) is 43.3 Å². The average Bonchev–Trinajstić information content (AvgIpc) is 2.63. The first-order chi connectivity index (χ1) is 13.8. The first kappa shape index (κ1) is 24.0. The zero-order valence-electron chi connectivity index (χ0n) is 17.0. The van der Waals surface area contributed by atoms with Gasteiger partial charge >= 0.3 is 0 Å². The lowest BCUT2D eigenvalue weighted by molar-refractivity contribution is -0.117. The van der Waals surface area contributed by atoms with E-state index in [0.717, 1.165) is 21.1 Å². The van der Waals surface area contributed by atoms with Crippen molar-refractivity contribution in [2.75, 3.05) is 33.5 Å². The maximum absolute atomic E-state index is 13.0. The normalized spacial score (nSPS) is 12.8. The number of hydrogen-bond donors (Lipinski definition) is 1. The quantitative estimate of drug-likeness (QED) is 0.634. The number of halogens is 1. The molecule has 1 atom stereocenters. The molecule has 164 valence electrons. The predicted octanol–water partition coefficient (Wildman–Crippen LogP) is 2.92. The molecule has 0 aliphatic carbocycles. The summed E-state index contributed by atoms with van der Waals surface area (Å²) in [5, 5.41) is 3.02. The van der Waals surface area contributed by atoms with Crippen LogP contribution in [0.3, 0.4) is 0 Å². The van der Waals surface area contributed by atoms with Crippen LogP contribution in [0.5, 0.6) is 0 Å². The maximum atomic E-state index is 13.0. The van der Waals surface area contributed by atoms with Crippen LogP contribution < -0.4 is 13.9 Å². The van der Waals surface area contributed by atoms with Gasteiger partial charge in [0.15, 0.2) is 0 Å². The smallest absolute Gasteiger partial charge is 0.248 e. The van der Waals surface area contributed by atoms with Gasteiger partial charge in [0, 0.05) is 17.8 Å². The number of rotatable bonds is 8. The maximum Gasteiger partial charge on any atom is 0.248 e. The summed E-state index contributed by atoms with van der Waals surface area (Å²) in [6, 6.07) is 11.5. The van der Waals surface area contributed by atoms with Crippen molar-refractivity contribution in [2.24, 2.45) is 0 Å². The Bertz CT molecular complexity index is 1140. The minimum absolute atomic E-state index is 0.203. The second kappa shape index (κ2) is 9.23. The number of hydrogen-bond acceptors (Lipinski definition) is 5. The first-order valence-corrected chi connectivity index (χ1v) is 13.0. The van der Waals surface area contributed by atoms with E-state index in [2.05, 4.69) is 5.32 Å². The van der Waals surface area contributed by atoms with E-state index in [0.29, 0.717) is 16.4 Å². The molecule has 0 aliphatic rings. The Morgan fingerprint density at radius 3 is 2.13 bits per heavy atom. The molecule has 2 aromatic carbocycles. The van der Waals surface area contributed by atoms with E-state index in [9.17, 15) is 21.6 Å². The van der Waals surface area contributed by atoms with E-state index in [4.69, 9.17) is 11.6 Å². The van der Waals surface area contributed by atoms with Crippen LogP contribution in [0.2, 0.25) is 5.02 Å². The van der Waals surface area contributed by atoms with Gasteiger partial charge in [-0.25, -0.2) is 16.8 Å². The molecule has 11 heteroatoms.